The van der Waals surface area contributed by atoms with Gasteiger partial charge in [-0.2, -0.15) is 0 Å². The first-order valence-corrected chi connectivity index (χ1v) is 6.73. The molecule has 3 nitrogen and oxygen atoms in total. The van der Waals surface area contributed by atoms with Crippen molar-refractivity contribution < 1.29 is 4.79 Å². The molecule has 2 aromatic carbocycles. The second-order valence-electron chi connectivity index (χ2n) is 4.33. The van der Waals surface area contributed by atoms with Gasteiger partial charge in [0.2, 0.25) is 0 Å². The highest BCUT2D eigenvalue weighted by Gasteiger charge is 2.14. The Hall–Kier alpha value is -1.97. The van der Waals surface area contributed by atoms with E-state index in [0.717, 1.165) is 10.9 Å². The summed E-state index contributed by atoms with van der Waals surface area (Å²) in [4.78, 5) is 15.3. The molecule has 0 aliphatic heterocycles. The number of rotatable bonds is 2. The van der Waals surface area contributed by atoms with Crippen molar-refractivity contribution >= 4 is 45.7 Å². The predicted molar refractivity (Wildman–Crippen MR) is 82.7 cm³/mol. The first kappa shape index (κ1) is 13.0. The minimum atomic E-state index is -0.324. The number of aromatic nitrogens is 1. The van der Waals surface area contributed by atoms with Crippen molar-refractivity contribution in [3.63, 3.8) is 0 Å². The van der Waals surface area contributed by atoms with Gasteiger partial charge in [0.1, 0.15) is 0 Å². The number of nitrogens with one attached hydrogen (secondary N) is 2. The smallest absolute Gasteiger partial charge is 0.258 e. The minimum Gasteiger partial charge on any atom is -0.361 e. The first-order chi connectivity index (χ1) is 9.65. The fraction of sp³-hybridized carbons (Fsp3) is 0. The molecular formula is C15H10Cl2N2O. The maximum absolute atomic E-state index is 12.2. The molecule has 0 fully saturated rings. The summed E-state index contributed by atoms with van der Waals surface area (Å²) in [5.74, 6) is -0.324. The van der Waals surface area contributed by atoms with Crippen LogP contribution in [0.1, 0.15) is 10.4 Å². The van der Waals surface area contributed by atoms with E-state index < -0.39 is 0 Å². The fourth-order valence-corrected chi connectivity index (χ4v) is 2.61. The normalized spacial score (nSPS) is 10.7. The van der Waals surface area contributed by atoms with E-state index in [0.29, 0.717) is 15.7 Å². The van der Waals surface area contributed by atoms with Gasteiger partial charge in [-0.15, -0.1) is 0 Å². The van der Waals surface area contributed by atoms with E-state index >= 15 is 0 Å². The number of carbonyl (C=O) groups excluding carboxylic acids is 1. The van der Waals surface area contributed by atoms with Crippen LogP contribution in [-0.2, 0) is 0 Å². The lowest BCUT2D eigenvalue weighted by atomic mass is 10.2. The monoisotopic (exact) mass is 304 g/mol. The third kappa shape index (κ3) is 2.38. The summed E-state index contributed by atoms with van der Waals surface area (Å²) in [6, 6.07) is 12.5. The van der Waals surface area contributed by atoms with Crippen LogP contribution in [0, 0.1) is 0 Å². The average molecular weight is 305 g/mol. The van der Waals surface area contributed by atoms with Crippen LogP contribution in [0.15, 0.2) is 48.7 Å². The molecule has 2 N–H and O–H groups in total. The second-order valence-corrected chi connectivity index (χ2v) is 5.14. The Bertz CT molecular complexity index is 775. The minimum absolute atomic E-state index is 0.282. The zero-order chi connectivity index (χ0) is 14.1. The number of carbonyl (C=O) groups is 1. The lowest BCUT2D eigenvalue weighted by Gasteiger charge is -2.08. The van der Waals surface area contributed by atoms with Crippen LogP contribution in [-0.4, -0.2) is 10.9 Å². The van der Waals surface area contributed by atoms with Gasteiger partial charge < -0.3 is 10.3 Å². The Kier molecular flexibility index (Phi) is 3.38. The van der Waals surface area contributed by atoms with Gasteiger partial charge in [-0.05, 0) is 36.4 Å². The Balaban J connectivity index is 1.92. The molecule has 0 atom stereocenters. The van der Waals surface area contributed by atoms with Crippen molar-refractivity contribution in [2.24, 2.45) is 0 Å². The Morgan fingerprint density at radius 1 is 1.05 bits per heavy atom. The van der Waals surface area contributed by atoms with E-state index in [9.17, 15) is 4.79 Å². The number of H-pyrrole nitrogens is 1. The van der Waals surface area contributed by atoms with Crippen molar-refractivity contribution in [3.8, 4) is 0 Å². The topological polar surface area (TPSA) is 44.9 Å². The molecule has 0 spiro atoms. The molecule has 1 heterocycles. The Labute approximate surface area is 125 Å². The average Bonchev–Trinajstić information content (AvgIpc) is 2.85. The zero-order valence-electron chi connectivity index (χ0n) is 10.3. The highest BCUT2D eigenvalue weighted by atomic mass is 35.5. The van der Waals surface area contributed by atoms with E-state index in [1.807, 2.05) is 30.5 Å². The lowest BCUT2D eigenvalue weighted by molar-refractivity contribution is 0.102. The molecule has 3 rings (SSSR count). The van der Waals surface area contributed by atoms with E-state index in [-0.39, 0.29) is 11.5 Å². The molecule has 1 amide bonds. The van der Waals surface area contributed by atoms with Crippen LogP contribution in [0.4, 0.5) is 5.69 Å². The number of hydrogen-bond acceptors (Lipinski definition) is 1. The summed E-state index contributed by atoms with van der Waals surface area (Å²) >= 11 is 12.0. The second kappa shape index (κ2) is 5.19. The summed E-state index contributed by atoms with van der Waals surface area (Å²) in [6.07, 6.45) is 1.85. The quantitative estimate of drug-likeness (QED) is 0.706. The Morgan fingerprint density at radius 2 is 1.80 bits per heavy atom. The van der Waals surface area contributed by atoms with Crippen molar-refractivity contribution in [1.82, 2.24) is 4.98 Å². The maximum Gasteiger partial charge on any atom is 0.258 e. The molecule has 0 saturated heterocycles. The summed E-state index contributed by atoms with van der Waals surface area (Å²) in [6.45, 7) is 0. The number of benzene rings is 2. The molecular weight excluding hydrogens is 295 g/mol. The van der Waals surface area contributed by atoms with E-state index in [1.165, 1.54) is 0 Å². The zero-order valence-corrected chi connectivity index (χ0v) is 11.8. The number of hydrogen-bond donors (Lipinski definition) is 2. The Morgan fingerprint density at radius 3 is 2.55 bits per heavy atom. The number of halogens is 2. The number of anilines is 1. The third-order valence-electron chi connectivity index (χ3n) is 3.00. The van der Waals surface area contributed by atoms with Gasteiger partial charge in [0, 0.05) is 22.8 Å². The van der Waals surface area contributed by atoms with Crippen LogP contribution in [0.25, 0.3) is 10.9 Å². The van der Waals surface area contributed by atoms with Crippen LogP contribution in [0.2, 0.25) is 10.0 Å². The number of amides is 1. The fourth-order valence-electron chi connectivity index (χ4n) is 2.04. The standard InChI is InChI=1S/C15H10Cl2N2O/c16-11-2-1-3-12(17)14(11)15(20)19-10-4-5-13-9(8-10)6-7-18-13/h1-8,18H,(H,19,20). The van der Waals surface area contributed by atoms with Gasteiger partial charge in [-0.1, -0.05) is 29.3 Å². The first-order valence-electron chi connectivity index (χ1n) is 5.97. The molecule has 3 aromatic rings. The molecule has 0 saturated carbocycles. The van der Waals surface area contributed by atoms with E-state index in [1.54, 1.807) is 18.2 Å². The third-order valence-corrected chi connectivity index (χ3v) is 3.63. The van der Waals surface area contributed by atoms with Crippen molar-refractivity contribution in [1.29, 1.82) is 0 Å². The molecule has 20 heavy (non-hydrogen) atoms. The summed E-state index contributed by atoms with van der Waals surface area (Å²) in [7, 11) is 0. The van der Waals surface area contributed by atoms with E-state index in [2.05, 4.69) is 10.3 Å². The number of aromatic amines is 1. The van der Waals surface area contributed by atoms with Crippen LogP contribution in [0.5, 0.6) is 0 Å². The lowest BCUT2D eigenvalue weighted by Crippen LogP contribution is -2.13. The highest BCUT2D eigenvalue weighted by Crippen LogP contribution is 2.26. The van der Waals surface area contributed by atoms with Gasteiger partial charge in [-0.25, -0.2) is 0 Å². The van der Waals surface area contributed by atoms with Gasteiger partial charge in [0.05, 0.1) is 15.6 Å². The highest BCUT2D eigenvalue weighted by molar-refractivity contribution is 6.40. The molecule has 0 unspecified atom stereocenters. The van der Waals surface area contributed by atoms with Crippen molar-refractivity contribution in [2.75, 3.05) is 5.32 Å². The summed E-state index contributed by atoms with van der Waals surface area (Å²) < 4.78 is 0. The van der Waals surface area contributed by atoms with Crippen LogP contribution < -0.4 is 5.32 Å². The number of fused-ring (bicyclic) bond motifs is 1. The molecule has 5 heteroatoms. The molecule has 0 radical (unpaired) electrons. The SMILES string of the molecule is O=C(Nc1ccc2[nH]ccc2c1)c1c(Cl)cccc1Cl. The maximum atomic E-state index is 12.2. The molecule has 0 aliphatic rings. The molecule has 0 aliphatic carbocycles. The van der Waals surface area contributed by atoms with Gasteiger partial charge in [0.25, 0.3) is 5.91 Å². The van der Waals surface area contributed by atoms with Gasteiger partial charge in [0.15, 0.2) is 0 Å². The van der Waals surface area contributed by atoms with E-state index in [4.69, 9.17) is 23.2 Å². The molecule has 1 aromatic heterocycles. The largest absolute Gasteiger partial charge is 0.361 e. The summed E-state index contributed by atoms with van der Waals surface area (Å²) in [5, 5.41) is 4.48. The van der Waals surface area contributed by atoms with Gasteiger partial charge in [-0.3, -0.25) is 4.79 Å². The summed E-state index contributed by atoms with van der Waals surface area (Å²) in [5.41, 5.74) is 1.99. The molecule has 0 bridgehead atoms. The van der Waals surface area contributed by atoms with Crippen LogP contribution in [0.3, 0.4) is 0 Å². The van der Waals surface area contributed by atoms with Crippen molar-refractivity contribution in [2.45, 2.75) is 0 Å². The predicted octanol–water partition coefficient (Wildman–Crippen LogP) is 4.73. The molecule has 100 valence electrons. The van der Waals surface area contributed by atoms with Gasteiger partial charge >= 0.3 is 0 Å². The van der Waals surface area contributed by atoms with Crippen LogP contribution >= 0.6 is 23.2 Å². The van der Waals surface area contributed by atoms with Crippen molar-refractivity contribution in [3.05, 3.63) is 64.3 Å².